The Balaban J connectivity index is 1.85. The fraction of sp³-hybridized carbons (Fsp3) is 0.200. The van der Waals surface area contributed by atoms with E-state index in [1.807, 2.05) is 63.2 Å². The Bertz CT molecular complexity index is 1650. The van der Waals surface area contributed by atoms with Crippen molar-refractivity contribution in [2.75, 3.05) is 19.1 Å². The lowest BCUT2D eigenvalue weighted by Gasteiger charge is -2.26. The first-order valence-corrected chi connectivity index (χ1v) is 12.4. The van der Waals surface area contributed by atoms with Gasteiger partial charge in [0.25, 0.3) is 11.7 Å². The summed E-state index contributed by atoms with van der Waals surface area (Å²) in [5.41, 5.74) is 5.09. The monoisotopic (exact) mass is 530 g/mol. The molecule has 1 atom stereocenters. The largest absolute Gasteiger partial charge is 0.507 e. The van der Waals surface area contributed by atoms with Crippen molar-refractivity contribution in [3.63, 3.8) is 0 Å². The summed E-state index contributed by atoms with van der Waals surface area (Å²) in [6.07, 6.45) is 0. The molecule has 1 amide bonds. The van der Waals surface area contributed by atoms with Crippen LogP contribution in [-0.4, -0.2) is 36.0 Å². The van der Waals surface area contributed by atoms with E-state index < -0.39 is 17.7 Å². The first-order chi connectivity index (χ1) is 18.2. The van der Waals surface area contributed by atoms with Crippen molar-refractivity contribution in [1.29, 1.82) is 0 Å². The fourth-order valence-corrected chi connectivity index (χ4v) is 5.32. The Morgan fingerprint density at radius 1 is 0.947 bits per heavy atom. The number of aromatic nitrogens is 1. The lowest BCUT2D eigenvalue weighted by molar-refractivity contribution is -0.132. The summed E-state index contributed by atoms with van der Waals surface area (Å²) in [6.45, 7) is 5.82. The molecule has 8 heteroatoms. The first kappa shape index (κ1) is 25.4. The molecule has 2 N–H and O–H groups in total. The molecule has 3 aromatic carbocycles. The van der Waals surface area contributed by atoms with Crippen LogP contribution in [0.1, 0.15) is 34.0 Å². The minimum absolute atomic E-state index is 0.0521. The number of rotatable bonds is 5. The van der Waals surface area contributed by atoms with Crippen molar-refractivity contribution in [1.82, 2.24) is 4.98 Å². The van der Waals surface area contributed by atoms with Crippen LogP contribution < -0.4 is 14.4 Å². The van der Waals surface area contributed by atoms with Gasteiger partial charge in [-0.25, -0.2) is 0 Å². The highest BCUT2D eigenvalue weighted by Crippen LogP contribution is 2.47. The lowest BCUT2D eigenvalue weighted by atomic mass is 9.92. The zero-order chi connectivity index (χ0) is 27.3. The summed E-state index contributed by atoms with van der Waals surface area (Å²) in [5, 5.41) is 12.8. The van der Waals surface area contributed by atoms with E-state index in [0.29, 0.717) is 5.69 Å². The van der Waals surface area contributed by atoms with Crippen LogP contribution in [0.25, 0.3) is 16.7 Å². The van der Waals surface area contributed by atoms with Gasteiger partial charge in [0.05, 0.1) is 36.4 Å². The van der Waals surface area contributed by atoms with Crippen LogP contribution in [0.2, 0.25) is 5.02 Å². The van der Waals surface area contributed by atoms with Crippen LogP contribution in [-0.2, 0) is 9.59 Å². The summed E-state index contributed by atoms with van der Waals surface area (Å²) >= 11 is 6.29. The second-order valence-electron chi connectivity index (χ2n) is 9.33. The summed E-state index contributed by atoms with van der Waals surface area (Å²) in [5.74, 6) is -1.38. The quantitative estimate of drug-likeness (QED) is 0.177. The molecule has 0 aliphatic carbocycles. The Morgan fingerprint density at radius 3 is 2.34 bits per heavy atom. The molecule has 4 aromatic rings. The van der Waals surface area contributed by atoms with Crippen molar-refractivity contribution in [2.24, 2.45) is 0 Å². The van der Waals surface area contributed by atoms with E-state index in [0.717, 1.165) is 33.3 Å². The molecule has 1 aliphatic heterocycles. The summed E-state index contributed by atoms with van der Waals surface area (Å²) in [7, 11) is 2.88. The first-order valence-electron chi connectivity index (χ1n) is 12.0. The summed E-state index contributed by atoms with van der Waals surface area (Å²) < 4.78 is 10.8. The highest BCUT2D eigenvalue weighted by Gasteiger charge is 2.48. The highest BCUT2D eigenvalue weighted by atomic mass is 35.5. The van der Waals surface area contributed by atoms with Crippen LogP contribution in [0.5, 0.6) is 11.5 Å². The predicted molar refractivity (Wildman–Crippen MR) is 148 cm³/mol. The SMILES string of the molecule is COc1cc(/C(O)=C2\C(=O)C(=O)N(c3ccc(C)c(C)c3)C2c2c(C)[nH]c3ccccc23)c(OC)cc1Cl. The number of aliphatic hydroxyl groups excluding tert-OH is 1. The van der Waals surface area contributed by atoms with E-state index in [2.05, 4.69) is 4.98 Å². The lowest BCUT2D eigenvalue weighted by Crippen LogP contribution is -2.29. The number of fused-ring (bicyclic) bond motifs is 1. The summed E-state index contributed by atoms with van der Waals surface area (Å²) in [6, 6.07) is 15.4. The third-order valence-electron chi connectivity index (χ3n) is 7.16. The number of methoxy groups -OCH3 is 2. The number of nitrogens with one attached hydrogen (secondary N) is 1. The molecular weight excluding hydrogens is 504 g/mol. The zero-order valence-electron chi connectivity index (χ0n) is 21.7. The van der Waals surface area contributed by atoms with Gasteiger partial charge in [-0.15, -0.1) is 0 Å². The molecule has 38 heavy (non-hydrogen) atoms. The van der Waals surface area contributed by atoms with Gasteiger partial charge in [-0.2, -0.15) is 0 Å². The van der Waals surface area contributed by atoms with Gasteiger partial charge in [-0.1, -0.05) is 35.9 Å². The third-order valence-corrected chi connectivity index (χ3v) is 7.45. The molecular formula is C30H27ClN2O5. The number of para-hydroxylation sites is 1. The number of hydrogen-bond acceptors (Lipinski definition) is 5. The molecule has 0 bridgehead atoms. The number of nitrogens with zero attached hydrogens (tertiary/aromatic N) is 1. The zero-order valence-corrected chi connectivity index (χ0v) is 22.4. The van der Waals surface area contributed by atoms with Crippen molar-refractivity contribution < 1.29 is 24.2 Å². The van der Waals surface area contributed by atoms with Crippen LogP contribution in [0.3, 0.4) is 0 Å². The number of hydrogen-bond donors (Lipinski definition) is 2. The molecule has 1 aromatic heterocycles. The van der Waals surface area contributed by atoms with Crippen LogP contribution in [0.4, 0.5) is 5.69 Å². The number of amides is 1. The Kier molecular flexibility index (Phi) is 6.41. The van der Waals surface area contributed by atoms with E-state index in [1.54, 1.807) is 0 Å². The molecule has 1 fully saturated rings. The smallest absolute Gasteiger partial charge is 0.300 e. The number of halogens is 1. The molecule has 0 radical (unpaired) electrons. The normalized spacial score (nSPS) is 16.9. The number of ketones is 1. The van der Waals surface area contributed by atoms with Gasteiger partial charge in [-0.05, 0) is 56.2 Å². The van der Waals surface area contributed by atoms with E-state index in [4.69, 9.17) is 21.1 Å². The second-order valence-corrected chi connectivity index (χ2v) is 9.74. The average molecular weight is 531 g/mol. The Hall–Kier alpha value is -4.23. The van der Waals surface area contributed by atoms with Crippen LogP contribution >= 0.6 is 11.6 Å². The van der Waals surface area contributed by atoms with Gasteiger partial charge in [0.1, 0.15) is 17.3 Å². The minimum Gasteiger partial charge on any atom is -0.507 e. The molecule has 0 saturated carbocycles. The molecule has 1 unspecified atom stereocenters. The van der Waals surface area contributed by atoms with Gasteiger partial charge in [0.2, 0.25) is 0 Å². The number of aryl methyl sites for hydroxylation is 3. The Morgan fingerprint density at radius 2 is 1.66 bits per heavy atom. The topological polar surface area (TPSA) is 91.9 Å². The summed E-state index contributed by atoms with van der Waals surface area (Å²) in [4.78, 5) is 32.2. The van der Waals surface area contributed by atoms with Crippen molar-refractivity contribution >= 4 is 45.6 Å². The highest BCUT2D eigenvalue weighted by molar-refractivity contribution is 6.52. The number of benzene rings is 3. The third kappa shape index (κ3) is 3.90. The average Bonchev–Trinajstić information content (AvgIpc) is 3.37. The maximum absolute atomic E-state index is 13.7. The number of H-pyrrole nitrogens is 1. The molecule has 7 nitrogen and oxygen atoms in total. The molecule has 194 valence electrons. The maximum Gasteiger partial charge on any atom is 0.300 e. The molecule has 5 rings (SSSR count). The number of aliphatic hydroxyl groups is 1. The standard InChI is InChI=1S/C30H27ClN2O5/c1-15-10-11-18(12-16(15)2)33-27(25-17(3)32-22-9-7-6-8-19(22)25)26(29(35)30(33)36)28(34)20-13-24(38-5)21(31)14-23(20)37-4/h6-14,27,32,34H,1-5H3/b28-26+. The number of aromatic amines is 1. The van der Waals surface area contributed by atoms with Gasteiger partial charge >= 0.3 is 0 Å². The van der Waals surface area contributed by atoms with Gasteiger partial charge < -0.3 is 19.6 Å². The number of Topliss-reactive ketones (excluding diaryl/α,β-unsaturated/α-hetero) is 1. The van der Waals surface area contributed by atoms with Crippen LogP contribution in [0.15, 0.2) is 60.2 Å². The molecule has 2 heterocycles. The van der Waals surface area contributed by atoms with Gasteiger partial charge in [0, 0.05) is 33.9 Å². The predicted octanol–water partition coefficient (Wildman–Crippen LogP) is 6.39. The number of anilines is 1. The fourth-order valence-electron chi connectivity index (χ4n) is 5.09. The van der Waals surface area contributed by atoms with E-state index in [-0.39, 0.29) is 33.4 Å². The number of carbonyl (C=O) groups is 2. The van der Waals surface area contributed by atoms with Crippen molar-refractivity contribution in [3.8, 4) is 11.5 Å². The number of ether oxygens (including phenoxy) is 2. The Labute approximate surface area is 225 Å². The molecule has 0 spiro atoms. The van der Waals surface area contributed by atoms with Crippen molar-refractivity contribution in [2.45, 2.75) is 26.8 Å². The number of carbonyl (C=O) groups excluding carboxylic acids is 2. The van der Waals surface area contributed by atoms with Crippen LogP contribution in [0, 0.1) is 20.8 Å². The minimum atomic E-state index is -0.903. The molecule has 1 aliphatic rings. The van der Waals surface area contributed by atoms with E-state index >= 15 is 0 Å². The van der Waals surface area contributed by atoms with Crippen molar-refractivity contribution in [3.05, 3.63) is 93.1 Å². The van der Waals surface area contributed by atoms with Gasteiger partial charge in [0.15, 0.2) is 0 Å². The van der Waals surface area contributed by atoms with E-state index in [1.165, 1.54) is 31.3 Å². The van der Waals surface area contributed by atoms with E-state index in [9.17, 15) is 14.7 Å². The maximum atomic E-state index is 13.7. The van der Waals surface area contributed by atoms with Gasteiger partial charge in [-0.3, -0.25) is 14.5 Å². The molecule has 1 saturated heterocycles. The second kappa shape index (κ2) is 9.58.